The maximum atomic E-state index is 12.2. The summed E-state index contributed by atoms with van der Waals surface area (Å²) in [5.74, 6) is 0.837. The normalized spacial score (nSPS) is 15.0. The van der Waals surface area contributed by atoms with Crippen LogP contribution in [0, 0.1) is 0 Å². The maximum absolute atomic E-state index is 12.2. The minimum atomic E-state index is -0.0471. The van der Waals surface area contributed by atoms with Gasteiger partial charge in [-0.05, 0) is 68.5 Å². The van der Waals surface area contributed by atoms with E-state index in [0.717, 1.165) is 35.6 Å². The van der Waals surface area contributed by atoms with Crippen LogP contribution in [-0.2, 0) is 6.42 Å². The first kappa shape index (κ1) is 15.1. The van der Waals surface area contributed by atoms with Crippen molar-refractivity contribution in [1.82, 2.24) is 0 Å². The highest BCUT2D eigenvalue weighted by Gasteiger charge is 2.16. The second kappa shape index (κ2) is 6.97. The van der Waals surface area contributed by atoms with Crippen molar-refractivity contribution in [2.75, 3.05) is 5.32 Å². The molecule has 1 N–H and O–H groups in total. The molecule has 1 aliphatic rings. The molecule has 3 rings (SSSR count). The van der Waals surface area contributed by atoms with Crippen molar-refractivity contribution >= 4 is 22.9 Å². The van der Waals surface area contributed by atoms with Crippen molar-refractivity contribution in [2.24, 2.45) is 0 Å². The highest BCUT2D eigenvalue weighted by Crippen LogP contribution is 2.25. The zero-order chi connectivity index (χ0) is 15.4. The molecular weight excluding hydrogens is 294 g/mol. The Morgan fingerprint density at radius 3 is 2.55 bits per heavy atom. The Balaban J connectivity index is 1.59. The van der Waals surface area contributed by atoms with Gasteiger partial charge in [0.1, 0.15) is 5.75 Å². The van der Waals surface area contributed by atoms with Crippen molar-refractivity contribution in [1.29, 1.82) is 0 Å². The van der Waals surface area contributed by atoms with E-state index in [2.05, 4.69) is 12.2 Å². The van der Waals surface area contributed by atoms with E-state index in [9.17, 15) is 4.79 Å². The molecule has 0 atom stereocenters. The topological polar surface area (TPSA) is 38.3 Å². The number of nitrogens with one attached hydrogen (secondary N) is 1. The Hall–Kier alpha value is -1.81. The smallest absolute Gasteiger partial charge is 0.265 e. The SMILES string of the molecule is CCc1ccc(C(=O)Nc2ccc(OC3CCCC3)cc2)s1. The molecule has 1 aromatic carbocycles. The highest BCUT2D eigenvalue weighted by molar-refractivity contribution is 7.14. The fraction of sp³-hybridized carbons (Fsp3) is 0.389. The number of carbonyl (C=O) groups excluding carboxylic acids is 1. The van der Waals surface area contributed by atoms with Gasteiger partial charge in [0.25, 0.3) is 5.91 Å². The summed E-state index contributed by atoms with van der Waals surface area (Å²) in [7, 11) is 0. The molecule has 1 aromatic heterocycles. The third-order valence-electron chi connectivity index (χ3n) is 3.95. The molecule has 116 valence electrons. The zero-order valence-corrected chi connectivity index (χ0v) is 13.6. The molecule has 0 saturated heterocycles. The number of ether oxygens (including phenoxy) is 1. The number of hydrogen-bond donors (Lipinski definition) is 1. The summed E-state index contributed by atoms with van der Waals surface area (Å²) in [5.41, 5.74) is 0.801. The third kappa shape index (κ3) is 3.69. The van der Waals surface area contributed by atoms with Crippen molar-refractivity contribution in [3.8, 4) is 5.75 Å². The maximum Gasteiger partial charge on any atom is 0.265 e. The van der Waals surface area contributed by atoms with Crippen LogP contribution >= 0.6 is 11.3 Å². The van der Waals surface area contributed by atoms with Crippen LogP contribution in [0.25, 0.3) is 0 Å². The van der Waals surface area contributed by atoms with Crippen molar-refractivity contribution in [2.45, 2.75) is 45.1 Å². The van der Waals surface area contributed by atoms with E-state index in [1.54, 1.807) is 11.3 Å². The van der Waals surface area contributed by atoms with Gasteiger partial charge >= 0.3 is 0 Å². The molecule has 4 heteroatoms. The summed E-state index contributed by atoms with van der Waals surface area (Å²) in [6, 6.07) is 11.6. The van der Waals surface area contributed by atoms with Gasteiger partial charge < -0.3 is 10.1 Å². The number of carbonyl (C=O) groups is 1. The Morgan fingerprint density at radius 2 is 1.91 bits per heavy atom. The number of rotatable bonds is 5. The van der Waals surface area contributed by atoms with Gasteiger partial charge in [-0.2, -0.15) is 0 Å². The molecule has 0 radical (unpaired) electrons. The van der Waals surface area contributed by atoms with Gasteiger partial charge in [0.15, 0.2) is 0 Å². The molecule has 0 aliphatic heterocycles. The summed E-state index contributed by atoms with van der Waals surface area (Å²) in [6.45, 7) is 2.09. The molecule has 1 amide bonds. The van der Waals surface area contributed by atoms with E-state index in [1.165, 1.54) is 17.7 Å². The first-order valence-electron chi connectivity index (χ1n) is 7.91. The third-order valence-corrected chi connectivity index (χ3v) is 5.18. The summed E-state index contributed by atoms with van der Waals surface area (Å²) >= 11 is 1.55. The van der Waals surface area contributed by atoms with E-state index < -0.39 is 0 Å². The molecule has 22 heavy (non-hydrogen) atoms. The van der Waals surface area contributed by atoms with Gasteiger partial charge in [-0.15, -0.1) is 11.3 Å². The number of hydrogen-bond acceptors (Lipinski definition) is 3. The van der Waals surface area contributed by atoms with Gasteiger partial charge in [-0.1, -0.05) is 6.92 Å². The second-order valence-electron chi connectivity index (χ2n) is 5.62. The van der Waals surface area contributed by atoms with Gasteiger partial charge in [0, 0.05) is 10.6 Å². The van der Waals surface area contributed by atoms with Crippen LogP contribution in [0.3, 0.4) is 0 Å². The minimum absolute atomic E-state index is 0.0471. The van der Waals surface area contributed by atoms with Crippen LogP contribution in [0.4, 0.5) is 5.69 Å². The zero-order valence-electron chi connectivity index (χ0n) is 12.8. The van der Waals surface area contributed by atoms with Crippen LogP contribution in [0.5, 0.6) is 5.75 Å². The summed E-state index contributed by atoms with van der Waals surface area (Å²) in [6.07, 6.45) is 6.15. The van der Waals surface area contributed by atoms with Crippen molar-refractivity contribution < 1.29 is 9.53 Å². The molecule has 2 aromatic rings. The molecule has 1 fully saturated rings. The largest absolute Gasteiger partial charge is 0.490 e. The van der Waals surface area contributed by atoms with E-state index in [-0.39, 0.29) is 5.91 Å². The predicted molar refractivity (Wildman–Crippen MR) is 91.0 cm³/mol. The molecule has 1 aliphatic carbocycles. The number of thiophene rings is 1. The van der Waals surface area contributed by atoms with Gasteiger partial charge in [-0.25, -0.2) is 0 Å². The van der Waals surface area contributed by atoms with Crippen LogP contribution < -0.4 is 10.1 Å². The van der Waals surface area contributed by atoms with E-state index in [0.29, 0.717) is 6.10 Å². The Morgan fingerprint density at radius 1 is 1.18 bits per heavy atom. The molecule has 1 heterocycles. The molecule has 1 saturated carbocycles. The lowest BCUT2D eigenvalue weighted by molar-refractivity contribution is 0.103. The minimum Gasteiger partial charge on any atom is -0.490 e. The number of benzene rings is 1. The van der Waals surface area contributed by atoms with Crippen LogP contribution in [0.15, 0.2) is 36.4 Å². The van der Waals surface area contributed by atoms with Crippen molar-refractivity contribution in [3.05, 3.63) is 46.2 Å². The van der Waals surface area contributed by atoms with Gasteiger partial charge in [0.05, 0.1) is 11.0 Å². The van der Waals surface area contributed by atoms with E-state index in [1.807, 2.05) is 36.4 Å². The molecular formula is C18H21NO2S. The van der Waals surface area contributed by atoms with Gasteiger partial charge in [0.2, 0.25) is 0 Å². The van der Waals surface area contributed by atoms with Crippen LogP contribution in [-0.4, -0.2) is 12.0 Å². The lowest BCUT2D eigenvalue weighted by Crippen LogP contribution is -2.11. The highest BCUT2D eigenvalue weighted by atomic mass is 32.1. The monoisotopic (exact) mass is 315 g/mol. The van der Waals surface area contributed by atoms with Crippen LogP contribution in [0.1, 0.15) is 47.2 Å². The fourth-order valence-corrected chi connectivity index (χ4v) is 3.54. The summed E-state index contributed by atoms with van der Waals surface area (Å²) in [4.78, 5) is 14.2. The Kier molecular flexibility index (Phi) is 4.78. The first-order chi connectivity index (χ1) is 10.7. The molecule has 0 unspecified atom stereocenters. The molecule has 0 spiro atoms. The Labute approximate surface area is 135 Å². The lowest BCUT2D eigenvalue weighted by atomic mass is 10.2. The quantitative estimate of drug-likeness (QED) is 0.853. The number of amides is 1. The first-order valence-corrected chi connectivity index (χ1v) is 8.73. The molecule has 0 bridgehead atoms. The van der Waals surface area contributed by atoms with Crippen LogP contribution in [0.2, 0.25) is 0 Å². The van der Waals surface area contributed by atoms with E-state index in [4.69, 9.17) is 4.74 Å². The fourth-order valence-electron chi connectivity index (χ4n) is 2.70. The standard InChI is InChI=1S/C18H21NO2S/c1-2-16-11-12-17(22-16)18(20)19-13-7-9-15(10-8-13)21-14-5-3-4-6-14/h7-12,14H,2-6H2,1H3,(H,19,20). The molecule has 3 nitrogen and oxygen atoms in total. The lowest BCUT2D eigenvalue weighted by Gasteiger charge is -2.13. The van der Waals surface area contributed by atoms with E-state index >= 15 is 0 Å². The summed E-state index contributed by atoms with van der Waals surface area (Å²) < 4.78 is 5.93. The van der Waals surface area contributed by atoms with Gasteiger partial charge in [-0.3, -0.25) is 4.79 Å². The Bertz CT molecular complexity index is 627. The average Bonchev–Trinajstić information content (AvgIpc) is 3.20. The summed E-state index contributed by atoms with van der Waals surface area (Å²) in [5, 5.41) is 2.93. The number of anilines is 1. The number of aryl methyl sites for hydroxylation is 1. The average molecular weight is 315 g/mol. The van der Waals surface area contributed by atoms with Crippen molar-refractivity contribution in [3.63, 3.8) is 0 Å². The predicted octanol–water partition coefficient (Wildman–Crippen LogP) is 4.88. The second-order valence-corrected chi connectivity index (χ2v) is 6.79.